The maximum atomic E-state index is 13.9. The monoisotopic (exact) mass is 555 g/mol. The first kappa shape index (κ1) is 28.2. The minimum absolute atomic E-state index is 0.000203. The van der Waals surface area contributed by atoms with Crippen molar-refractivity contribution in [3.8, 4) is 17.2 Å². The second-order valence-corrected chi connectivity index (χ2v) is 8.75. The predicted octanol–water partition coefficient (Wildman–Crippen LogP) is 6.42. The molecular weight excluding hydrogens is 531 g/mol. The summed E-state index contributed by atoms with van der Waals surface area (Å²) in [5, 5.41) is 2.41. The van der Waals surface area contributed by atoms with Gasteiger partial charge in [-0.1, -0.05) is 12.1 Å². The van der Waals surface area contributed by atoms with E-state index in [0.717, 1.165) is 11.6 Å². The van der Waals surface area contributed by atoms with Crippen LogP contribution in [0.25, 0.3) is 11.0 Å². The lowest BCUT2D eigenvalue weighted by molar-refractivity contribution is -0.154. The van der Waals surface area contributed by atoms with E-state index in [1.54, 1.807) is 32.9 Å². The second-order valence-electron chi connectivity index (χ2n) is 8.75. The van der Waals surface area contributed by atoms with Crippen LogP contribution in [0.15, 0.2) is 69.9 Å². The molecule has 3 aromatic carbocycles. The summed E-state index contributed by atoms with van der Waals surface area (Å²) in [7, 11) is 0. The molecule has 0 radical (unpaired) electrons. The summed E-state index contributed by atoms with van der Waals surface area (Å²) >= 11 is 0. The van der Waals surface area contributed by atoms with Crippen molar-refractivity contribution in [3.05, 3.63) is 93.3 Å². The van der Waals surface area contributed by atoms with Crippen LogP contribution in [0, 0.1) is 13.8 Å². The van der Waals surface area contributed by atoms with E-state index in [9.17, 15) is 27.6 Å². The number of benzene rings is 3. The Morgan fingerprint density at radius 2 is 1.70 bits per heavy atom. The third-order valence-electron chi connectivity index (χ3n) is 5.69. The molecule has 0 aliphatic carbocycles. The van der Waals surface area contributed by atoms with Gasteiger partial charge in [0, 0.05) is 11.8 Å². The Morgan fingerprint density at radius 3 is 2.38 bits per heavy atom. The molecule has 0 aliphatic heterocycles. The molecule has 0 spiro atoms. The van der Waals surface area contributed by atoms with Crippen molar-refractivity contribution in [3.63, 3.8) is 0 Å². The molecule has 1 aromatic heterocycles. The van der Waals surface area contributed by atoms with Crippen LogP contribution in [0.3, 0.4) is 0 Å². The molecule has 11 heteroatoms. The Kier molecular flexibility index (Phi) is 8.13. The van der Waals surface area contributed by atoms with E-state index in [4.69, 9.17) is 18.6 Å². The molecule has 0 unspecified atom stereocenters. The van der Waals surface area contributed by atoms with E-state index in [2.05, 4.69) is 5.32 Å². The fourth-order valence-electron chi connectivity index (χ4n) is 3.70. The minimum atomic E-state index is -5.03. The number of esters is 1. The van der Waals surface area contributed by atoms with Gasteiger partial charge in [0.1, 0.15) is 17.1 Å². The topological polar surface area (TPSA) is 104 Å². The molecule has 208 valence electrons. The van der Waals surface area contributed by atoms with Gasteiger partial charge < -0.3 is 23.9 Å². The Bertz CT molecular complexity index is 1630. The Morgan fingerprint density at radius 1 is 0.975 bits per heavy atom. The first-order valence-corrected chi connectivity index (χ1v) is 12.1. The first-order chi connectivity index (χ1) is 19.0. The zero-order valence-electron chi connectivity index (χ0n) is 21.7. The summed E-state index contributed by atoms with van der Waals surface area (Å²) in [4.78, 5) is 37.1. The molecule has 40 heavy (non-hydrogen) atoms. The van der Waals surface area contributed by atoms with Crippen LogP contribution in [0.1, 0.15) is 34.2 Å². The lowest BCUT2D eigenvalue weighted by atomic mass is 10.1. The van der Waals surface area contributed by atoms with Crippen molar-refractivity contribution in [2.45, 2.75) is 26.9 Å². The summed E-state index contributed by atoms with van der Waals surface area (Å²) in [6.07, 6.45) is -5.03. The van der Waals surface area contributed by atoms with E-state index in [1.807, 2.05) is 0 Å². The molecule has 4 aromatic rings. The zero-order valence-corrected chi connectivity index (χ0v) is 21.7. The number of anilines is 1. The van der Waals surface area contributed by atoms with Gasteiger partial charge in [-0.15, -0.1) is 0 Å². The highest BCUT2D eigenvalue weighted by molar-refractivity contribution is 5.93. The number of amides is 1. The van der Waals surface area contributed by atoms with E-state index in [-0.39, 0.29) is 23.5 Å². The van der Waals surface area contributed by atoms with Gasteiger partial charge >= 0.3 is 12.1 Å². The third-order valence-corrected chi connectivity index (χ3v) is 5.69. The van der Waals surface area contributed by atoms with E-state index < -0.39 is 47.2 Å². The maximum Gasteiger partial charge on any atom is 0.453 e. The second kappa shape index (κ2) is 11.5. The smallest absolute Gasteiger partial charge is 0.453 e. The van der Waals surface area contributed by atoms with Crippen LogP contribution in [-0.4, -0.2) is 25.1 Å². The van der Waals surface area contributed by atoms with Gasteiger partial charge in [0.05, 0.1) is 17.6 Å². The highest BCUT2D eigenvalue weighted by Gasteiger charge is 2.40. The van der Waals surface area contributed by atoms with Gasteiger partial charge in [-0.25, -0.2) is 4.79 Å². The van der Waals surface area contributed by atoms with Crippen molar-refractivity contribution < 1.29 is 41.4 Å². The molecule has 1 N–H and O–H groups in total. The van der Waals surface area contributed by atoms with Crippen LogP contribution in [-0.2, 0) is 15.7 Å². The van der Waals surface area contributed by atoms with E-state index >= 15 is 0 Å². The van der Waals surface area contributed by atoms with Crippen molar-refractivity contribution in [2.75, 3.05) is 18.5 Å². The summed E-state index contributed by atoms with van der Waals surface area (Å²) in [6.45, 7) is 4.80. The van der Waals surface area contributed by atoms with Gasteiger partial charge in [0.2, 0.25) is 11.2 Å². The molecule has 4 rings (SSSR count). The van der Waals surface area contributed by atoms with Crippen molar-refractivity contribution >= 4 is 28.5 Å². The highest BCUT2D eigenvalue weighted by Crippen LogP contribution is 2.39. The summed E-state index contributed by atoms with van der Waals surface area (Å²) < 4.78 is 62.5. The van der Waals surface area contributed by atoms with Crippen LogP contribution in [0.2, 0.25) is 0 Å². The van der Waals surface area contributed by atoms with Gasteiger partial charge in [0.25, 0.3) is 11.7 Å². The lowest BCUT2D eigenvalue weighted by Gasteiger charge is -2.15. The van der Waals surface area contributed by atoms with Gasteiger partial charge in [-0.3, -0.25) is 9.59 Å². The van der Waals surface area contributed by atoms with E-state index in [1.165, 1.54) is 42.5 Å². The standard InChI is InChI=1S/C29H24F3NO7/c1-4-37-28(36)18-7-9-19(10-8-18)33-24(34)15-38-20-11-12-21-23(14-20)40-27(29(30,31)32)26(25(21)35)39-22-13-16(2)5-6-17(22)3/h5-14H,4,15H2,1-3H3,(H,33,34). The van der Waals surface area contributed by atoms with Crippen LogP contribution < -0.4 is 20.2 Å². The zero-order chi connectivity index (χ0) is 29.0. The van der Waals surface area contributed by atoms with Gasteiger partial charge in [-0.05, 0) is 74.4 Å². The molecule has 0 aliphatic rings. The largest absolute Gasteiger partial charge is 0.484 e. The molecule has 0 fully saturated rings. The number of aryl methyl sites for hydroxylation is 2. The van der Waals surface area contributed by atoms with E-state index in [0.29, 0.717) is 16.8 Å². The number of rotatable bonds is 8. The number of nitrogens with one attached hydrogen (secondary N) is 1. The van der Waals surface area contributed by atoms with Crippen molar-refractivity contribution in [1.82, 2.24) is 0 Å². The molecule has 0 bridgehead atoms. The lowest BCUT2D eigenvalue weighted by Crippen LogP contribution is -2.20. The number of fused-ring (bicyclic) bond motifs is 1. The third kappa shape index (κ3) is 6.42. The summed E-state index contributed by atoms with van der Waals surface area (Å²) in [5.74, 6) is -3.54. The summed E-state index contributed by atoms with van der Waals surface area (Å²) in [5.41, 5.74) is 0.573. The first-order valence-electron chi connectivity index (χ1n) is 12.1. The van der Waals surface area contributed by atoms with Crippen molar-refractivity contribution in [1.29, 1.82) is 0 Å². The van der Waals surface area contributed by atoms with Gasteiger partial charge in [0.15, 0.2) is 6.61 Å². The number of alkyl halides is 3. The average molecular weight is 556 g/mol. The predicted molar refractivity (Wildman–Crippen MR) is 140 cm³/mol. The highest BCUT2D eigenvalue weighted by atomic mass is 19.4. The molecule has 0 atom stereocenters. The van der Waals surface area contributed by atoms with Crippen LogP contribution in [0.4, 0.5) is 18.9 Å². The quantitative estimate of drug-likeness (QED) is 0.250. The number of hydrogen-bond acceptors (Lipinski definition) is 7. The number of ether oxygens (including phenoxy) is 3. The molecule has 0 saturated heterocycles. The number of carbonyl (C=O) groups is 2. The van der Waals surface area contributed by atoms with Crippen molar-refractivity contribution in [2.24, 2.45) is 0 Å². The van der Waals surface area contributed by atoms with Crippen LogP contribution in [0.5, 0.6) is 17.2 Å². The Balaban J connectivity index is 1.53. The fourth-order valence-corrected chi connectivity index (χ4v) is 3.70. The average Bonchev–Trinajstić information content (AvgIpc) is 2.90. The maximum absolute atomic E-state index is 13.9. The molecule has 0 saturated carbocycles. The molecule has 1 amide bonds. The number of halogens is 3. The molecule has 8 nitrogen and oxygen atoms in total. The van der Waals surface area contributed by atoms with Gasteiger partial charge in [-0.2, -0.15) is 13.2 Å². The Hall–Kier alpha value is -4.80. The minimum Gasteiger partial charge on any atom is -0.484 e. The number of hydrogen-bond donors (Lipinski definition) is 1. The normalized spacial score (nSPS) is 11.2. The summed E-state index contributed by atoms with van der Waals surface area (Å²) in [6, 6.07) is 14.6. The molecule has 1 heterocycles. The molecular formula is C29H24F3NO7. The SMILES string of the molecule is CCOC(=O)c1ccc(NC(=O)COc2ccc3c(=O)c(Oc4cc(C)ccc4C)c(C(F)(F)F)oc3c2)cc1. The van der Waals surface area contributed by atoms with Crippen LogP contribution >= 0.6 is 0 Å². The number of carbonyl (C=O) groups excluding carboxylic acids is 2. The Labute approximate surface area is 226 Å². The fraction of sp³-hybridized carbons (Fsp3) is 0.207.